The van der Waals surface area contributed by atoms with Gasteiger partial charge in [0.05, 0.1) is 21.4 Å². The number of fused-ring (bicyclic) bond motifs is 1. The van der Waals surface area contributed by atoms with Gasteiger partial charge in [-0.15, -0.1) is 11.3 Å². The molecule has 0 atom stereocenters. The zero-order chi connectivity index (χ0) is 23.5. The van der Waals surface area contributed by atoms with Crippen LogP contribution in [0.25, 0.3) is 32.6 Å². The van der Waals surface area contributed by atoms with Gasteiger partial charge in [-0.1, -0.05) is 30.3 Å². The van der Waals surface area contributed by atoms with Crippen LogP contribution in [0.3, 0.4) is 0 Å². The molecule has 3 aromatic heterocycles. The SMILES string of the molecule is Cc1nc(NCCc2cccc(-c3ccc(N(C)C)nc3)c2)cc(-c2ccc3ncsc3c2)n1. The highest BCUT2D eigenvalue weighted by molar-refractivity contribution is 7.16. The number of rotatable bonds is 7. The maximum atomic E-state index is 4.65. The minimum absolute atomic E-state index is 0.750. The van der Waals surface area contributed by atoms with Gasteiger partial charge >= 0.3 is 0 Å². The number of aryl methyl sites for hydroxylation is 1. The number of aromatic nitrogens is 4. The summed E-state index contributed by atoms with van der Waals surface area (Å²) in [6.45, 7) is 2.71. The summed E-state index contributed by atoms with van der Waals surface area (Å²) in [6.07, 6.45) is 2.82. The molecule has 6 nitrogen and oxygen atoms in total. The molecule has 0 unspecified atom stereocenters. The molecule has 7 heteroatoms. The fraction of sp³-hybridized carbons (Fsp3) is 0.185. The van der Waals surface area contributed by atoms with E-state index in [0.29, 0.717) is 0 Å². The Labute approximate surface area is 203 Å². The van der Waals surface area contributed by atoms with Gasteiger partial charge in [0.25, 0.3) is 0 Å². The second-order valence-electron chi connectivity index (χ2n) is 8.40. The molecule has 0 radical (unpaired) electrons. The molecule has 0 bridgehead atoms. The van der Waals surface area contributed by atoms with Gasteiger partial charge in [-0.05, 0) is 48.7 Å². The Balaban J connectivity index is 1.27. The Morgan fingerprint density at radius 3 is 2.59 bits per heavy atom. The van der Waals surface area contributed by atoms with Crippen LogP contribution in [-0.2, 0) is 6.42 Å². The van der Waals surface area contributed by atoms with Crippen molar-refractivity contribution >= 4 is 33.2 Å². The van der Waals surface area contributed by atoms with Gasteiger partial charge in [-0.3, -0.25) is 0 Å². The third-order valence-electron chi connectivity index (χ3n) is 5.65. The molecule has 5 rings (SSSR count). The van der Waals surface area contributed by atoms with Gasteiger partial charge in [-0.2, -0.15) is 0 Å². The minimum atomic E-state index is 0.750. The normalized spacial score (nSPS) is 11.0. The Morgan fingerprint density at radius 1 is 0.882 bits per heavy atom. The van der Waals surface area contributed by atoms with Gasteiger partial charge in [0, 0.05) is 44.0 Å². The number of thiazole rings is 1. The molecule has 0 fully saturated rings. The van der Waals surface area contributed by atoms with Crippen LogP contribution in [0.15, 0.2) is 72.4 Å². The molecule has 0 saturated heterocycles. The number of anilines is 2. The number of nitrogens with one attached hydrogen (secondary N) is 1. The molecule has 0 aliphatic rings. The van der Waals surface area contributed by atoms with Crippen LogP contribution in [0.4, 0.5) is 11.6 Å². The fourth-order valence-electron chi connectivity index (χ4n) is 3.88. The Hall–Kier alpha value is -3.84. The van der Waals surface area contributed by atoms with Crippen LogP contribution in [0.2, 0.25) is 0 Å². The summed E-state index contributed by atoms with van der Waals surface area (Å²) in [5.74, 6) is 2.54. The molecule has 34 heavy (non-hydrogen) atoms. The molecule has 0 saturated carbocycles. The third kappa shape index (κ3) is 4.89. The van der Waals surface area contributed by atoms with Gasteiger partial charge in [0.15, 0.2) is 0 Å². The molecule has 170 valence electrons. The van der Waals surface area contributed by atoms with Crippen LogP contribution in [0, 0.1) is 6.92 Å². The third-order valence-corrected chi connectivity index (χ3v) is 6.44. The lowest BCUT2D eigenvalue weighted by Gasteiger charge is -2.12. The number of hydrogen-bond donors (Lipinski definition) is 1. The predicted octanol–water partition coefficient (Wildman–Crippen LogP) is 5.84. The second-order valence-corrected chi connectivity index (χ2v) is 9.28. The van der Waals surface area contributed by atoms with E-state index in [1.54, 1.807) is 11.3 Å². The molecule has 0 aliphatic carbocycles. The van der Waals surface area contributed by atoms with Gasteiger partial charge < -0.3 is 10.2 Å². The maximum Gasteiger partial charge on any atom is 0.130 e. The van der Waals surface area contributed by atoms with E-state index >= 15 is 0 Å². The second kappa shape index (κ2) is 9.57. The summed E-state index contributed by atoms with van der Waals surface area (Å²) in [4.78, 5) is 20.1. The Bertz CT molecular complexity index is 1430. The highest BCUT2D eigenvalue weighted by Gasteiger charge is 2.07. The molecule has 3 heterocycles. The summed E-state index contributed by atoms with van der Waals surface area (Å²) in [5.41, 5.74) is 8.45. The average molecular weight is 467 g/mol. The van der Waals surface area contributed by atoms with Crippen molar-refractivity contribution in [3.8, 4) is 22.4 Å². The molecule has 2 aromatic carbocycles. The summed E-state index contributed by atoms with van der Waals surface area (Å²) in [5, 5.41) is 3.48. The maximum absolute atomic E-state index is 4.65. The van der Waals surface area contributed by atoms with Crippen molar-refractivity contribution in [2.24, 2.45) is 0 Å². The van der Waals surface area contributed by atoms with E-state index in [4.69, 9.17) is 0 Å². The topological polar surface area (TPSA) is 66.8 Å². The van der Waals surface area contributed by atoms with Crippen molar-refractivity contribution in [2.75, 3.05) is 30.9 Å². The Morgan fingerprint density at radius 2 is 1.76 bits per heavy atom. The quantitative estimate of drug-likeness (QED) is 0.325. The molecule has 5 aromatic rings. The fourth-order valence-corrected chi connectivity index (χ4v) is 4.60. The Kier molecular flexibility index (Phi) is 6.18. The highest BCUT2D eigenvalue weighted by atomic mass is 32.1. The summed E-state index contributed by atoms with van der Waals surface area (Å²) in [7, 11) is 4.00. The highest BCUT2D eigenvalue weighted by Crippen LogP contribution is 2.26. The van der Waals surface area contributed by atoms with E-state index in [9.17, 15) is 0 Å². The first kappa shape index (κ1) is 22.0. The first-order valence-corrected chi connectivity index (χ1v) is 12.1. The number of hydrogen-bond acceptors (Lipinski definition) is 7. The lowest BCUT2D eigenvalue weighted by Crippen LogP contribution is -2.10. The zero-order valence-electron chi connectivity index (χ0n) is 19.5. The monoisotopic (exact) mass is 466 g/mol. The molecular formula is C27H26N6S. The molecule has 1 N–H and O–H groups in total. The van der Waals surface area contributed by atoms with E-state index < -0.39 is 0 Å². The number of nitrogens with zero attached hydrogens (tertiary/aromatic N) is 5. The van der Waals surface area contributed by atoms with Crippen molar-refractivity contribution < 1.29 is 0 Å². The molecule has 0 amide bonds. The van der Waals surface area contributed by atoms with Crippen molar-refractivity contribution in [1.29, 1.82) is 0 Å². The zero-order valence-corrected chi connectivity index (χ0v) is 20.3. The molecular weight excluding hydrogens is 440 g/mol. The minimum Gasteiger partial charge on any atom is -0.370 e. The van der Waals surface area contributed by atoms with Crippen molar-refractivity contribution in [1.82, 2.24) is 19.9 Å². The van der Waals surface area contributed by atoms with Crippen LogP contribution in [-0.4, -0.2) is 40.6 Å². The van der Waals surface area contributed by atoms with Gasteiger partial charge in [0.1, 0.15) is 17.5 Å². The largest absolute Gasteiger partial charge is 0.370 e. The lowest BCUT2D eigenvalue weighted by molar-refractivity contribution is 0.983. The van der Waals surface area contributed by atoms with Crippen LogP contribution in [0.5, 0.6) is 0 Å². The summed E-state index contributed by atoms with van der Waals surface area (Å²) < 4.78 is 1.16. The standard InChI is InChI=1S/C27H26N6S/c1-18-31-24(21-7-9-23-25(14-21)34-17-30-23)15-26(32-18)28-12-11-19-5-4-6-20(13-19)22-8-10-27(29-16-22)33(2)3/h4-10,13-17H,11-12H2,1-3H3,(H,28,31,32). The predicted molar refractivity (Wildman–Crippen MR) is 142 cm³/mol. The first-order chi connectivity index (χ1) is 16.5. The van der Waals surface area contributed by atoms with E-state index in [2.05, 4.69) is 67.7 Å². The van der Waals surface area contributed by atoms with E-state index in [0.717, 1.165) is 57.5 Å². The van der Waals surface area contributed by atoms with Crippen molar-refractivity contribution in [3.63, 3.8) is 0 Å². The van der Waals surface area contributed by atoms with E-state index in [-0.39, 0.29) is 0 Å². The van der Waals surface area contributed by atoms with Gasteiger partial charge in [-0.25, -0.2) is 19.9 Å². The molecule has 0 aliphatic heterocycles. The average Bonchev–Trinajstić information content (AvgIpc) is 3.32. The lowest BCUT2D eigenvalue weighted by atomic mass is 10.0. The summed E-state index contributed by atoms with van der Waals surface area (Å²) in [6, 6.07) is 21.1. The smallest absolute Gasteiger partial charge is 0.130 e. The van der Waals surface area contributed by atoms with Crippen LogP contribution >= 0.6 is 11.3 Å². The number of pyridine rings is 1. The summed E-state index contributed by atoms with van der Waals surface area (Å²) >= 11 is 1.64. The molecule has 0 spiro atoms. The van der Waals surface area contributed by atoms with E-state index in [1.165, 1.54) is 11.1 Å². The van der Waals surface area contributed by atoms with Gasteiger partial charge in [0.2, 0.25) is 0 Å². The van der Waals surface area contributed by atoms with E-state index in [1.807, 2.05) is 55.8 Å². The van der Waals surface area contributed by atoms with Crippen molar-refractivity contribution in [3.05, 3.63) is 83.8 Å². The van der Waals surface area contributed by atoms with Crippen LogP contribution < -0.4 is 10.2 Å². The number of benzene rings is 2. The van der Waals surface area contributed by atoms with Crippen molar-refractivity contribution in [2.45, 2.75) is 13.3 Å². The van der Waals surface area contributed by atoms with Crippen LogP contribution in [0.1, 0.15) is 11.4 Å². The first-order valence-electron chi connectivity index (χ1n) is 11.2.